The molecule has 0 radical (unpaired) electrons. The molecule has 162 valence electrons. The Kier molecular flexibility index (Phi) is 7.41. The minimum atomic E-state index is -3.71. The van der Waals surface area contributed by atoms with Gasteiger partial charge in [0.25, 0.3) is 0 Å². The molecule has 0 aliphatic rings. The van der Waals surface area contributed by atoms with Crippen molar-refractivity contribution in [3.05, 3.63) is 53.6 Å². The summed E-state index contributed by atoms with van der Waals surface area (Å²) in [5.41, 5.74) is 0.577. The molecule has 0 saturated carbocycles. The summed E-state index contributed by atoms with van der Waals surface area (Å²) in [4.78, 5) is 25.4. The SMILES string of the molecule is COC(=O)c1cc(OC)c(OC)cc1NC(=O)C(c1ccccc1)N(C)S(C)(=O)=O. The van der Waals surface area contributed by atoms with Crippen LogP contribution in [0, 0.1) is 0 Å². The third kappa shape index (κ3) is 5.08. The summed E-state index contributed by atoms with van der Waals surface area (Å²) in [6.07, 6.45) is 1.01. The molecule has 10 heteroatoms. The second kappa shape index (κ2) is 9.59. The van der Waals surface area contributed by atoms with Gasteiger partial charge in [0.1, 0.15) is 6.04 Å². The molecule has 1 N–H and O–H groups in total. The van der Waals surface area contributed by atoms with E-state index in [0.29, 0.717) is 5.56 Å². The van der Waals surface area contributed by atoms with Crippen molar-refractivity contribution in [1.82, 2.24) is 4.31 Å². The Morgan fingerprint density at radius 3 is 2.07 bits per heavy atom. The maximum Gasteiger partial charge on any atom is 0.340 e. The Hall–Kier alpha value is -3.11. The van der Waals surface area contributed by atoms with Crippen LogP contribution >= 0.6 is 0 Å². The number of benzene rings is 2. The zero-order chi connectivity index (χ0) is 22.5. The lowest BCUT2D eigenvalue weighted by Crippen LogP contribution is -2.38. The molecule has 9 nitrogen and oxygen atoms in total. The maximum absolute atomic E-state index is 13.2. The topological polar surface area (TPSA) is 111 Å². The number of hydrogen-bond donors (Lipinski definition) is 1. The number of esters is 1. The van der Waals surface area contributed by atoms with Crippen molar-refractivity contribution in [2.24, 2.45) is 0 Å². The van der Waals surface area contributed by atoms with Crippen molar-refractivity contribution in [3.8, 4) is 11.5 Å². The highest BCUT2D eigenvalue weighted by Crippen LogP contribution is 2.34. The number of hydrogen-bond acceptors (Lipinski definition) is 7. The molecule has 1 amide bonds. The van der Waals surface area contributed by atoms with Crippen molar-refractivity contribution >= 4 is 27.6 Å². The fourth-order valence-corrected chi connectivity index (χ4v) is 3.42. The van der Waals surface area contributed by atoms with Gasteiger partial charge in [-0.15, -0.1) is 0 Å². The van der Waals surface area contributed by atoms with Gasteiger partial charge in [-0.05, 0) is 5.56 Å². The van der Waals surface area contributed by atoms with Crippen molar-refractivity contribution in [1.29, 1.82) is 0 Å². The van der Waals surface area contributed by atoms with E-state index in [0.717, 1.165) is 10.6 Å². The first-order chi connectivity index (χ1) is 14.1. The molecule has 0 bridgehead atoms. The third-order valence-corrected chi connectivity index (χ3v) is 5.69. The number of anilines is 1. The van der Waals surface area contributed by atoms with E-state index in [1.807, 2.05) is 0 Å². The lowest BCUT2D eigenvalue weighted by molar-refractivity contribution is -0.119. The summed E-state index contributed by atoms with van der Waals surface area (Å²) < 4.78 is 40.5. The molecule has 2 aromatic rings. The Bertz CT molecular complexity index is 1020. The van der Waals surface area contributed by atoms with Gasteiger partial charge in [0, 0.05) is 19.2 Å². The number of ether oxygens (including phenoxy) is 3. The molecule has 0 spiro atoms. The van der Waals surface area contributed by atoms with Crippen LogP contribution in [0.3, 0.4) is 0 Å². The molecule has 1 atom stereocenters. The highest BCUT2D eigenvalue weighted by molar-refractivity contribution is 7.88. The zero-order valence-electron chi connectivity index (χ0n) is 17.3. The van der Waals surface area contributed by atoms with Crippen molar-refractivity contribution < 1.29 is 32.2 Å². The van der Waals surface area contributed by atoms with E-state index in [1.54, 1.807) is 30.3 Å². The number of nitrogens with one attached hydrogen (secondary N) is 1. The summed E-state index contributed by atoms with van der Waals surface area (Å²) in [6, 6.07) is 10.0. The number of likely N-dealkylation sites (N-methyl/N-ethyl adjacent to an activating group) is 1. The van der Waals surface area contributed by atoms with Crippen LogP contribution in [0.1, 0.15) is 22.0 Å². The molecule has 0 heterocycles. The molecular formula is C20H24N2O7S. The number of methoxy groups -OCH3 is 3. The van der Waals surface area contributed by atoms with Gasteiger partial charge in [-0.2, -0.15) is 4.31 Å². The molecule has 0 aromatic heterocycles. The number of nitrogens with zero attached hydrogens (tertiary/aromatic N) is 1. The van der Waals surface area contributed by atoms with E-state index in [1.165, 1.54) is 40.5 Å². The Morgan fingerprint density at radius 1 is 1.00 bits per heavy atom. The van der Waals surface area contributed by atoms with Crippen LogP contribution in [-0.2, 0) is 19.6 Å². The van der Waals surface area contributed by atoms with Crippen LogP contribution in [0.15, 0.2) is 42.5 Å². The van der Waals surface area contributed by atoms with Gasteiger partial charge >= 0.3 is 5.97 Å². The second-order valence-electron chi connectivity index (χ2n) is 6.33. The number of amides is 1. The van der Waals surface area contributed by atoms with E-state index in [9.17, 15) is 18.0 Å². The van der Waals surface area contributed by atoms with Crippen LogP contribution in [0.2, 0.25) is 0 Å². The highest BCUT2D eigenvalue weighted by atomic mass is 32.2. The summed E-state index contributed by atoms with van der Waals surface area (Å²) in [5.74, 6) is -0.831. The van der Waals surface area contributed by atoms with E-state index < -0.39 is 27.9 Å². The Balaban J connectivity index is 2.55. The third-order valence-electron chi connectivity index (χ3n) is 4.44. The maximum atomic E-state index is 13.2. The molecule has 0 saturated heterocycles. The van der Waals surface area contributed by atoms with Gasteiger partial charge in [-0.3, -0.25) is 4.79 Å². The van der Waals surface area contributed by atoms with E-state index in [-0.39, 0.29) is 22.7 Å². The first-order valence-electron chi connectivity index (χ1n) is 8.77. The van der Waals surface area contributed by atoms with Gasteiger partial charge in [0.2, 0.25) is 15.9 Å². The molecular weight excluding hydrogens is 412 g/mol. The number of rotatable bonds is 8. The van der Waals surface area contributed by atoms with E-state index in [2.05, 4.69) is 5.32 Å². The minimum Gasteiger partial charge on any atom is -0.493 e. The van der Waals surface area contributed by atoms with Gasteiger partial charge in [0.05, 0.1) is 38.8 Å². The fourth-order valence-electron chi connectivity index (χ4n) is 2.82. The van der Waals surface area contributed by atoms with Crippen LogP contribution in [0.5, 0.6) is 11.5 Å². The van der Waals surface area contributed by atoms with Crippen LogP contribution in [0.25, 0.3) is 0 Å². The summed E-state index contributed by atoms with van der Waals surface area (Å²) in [5, 5.41) is 2.62. The summed E-state index contributed by atoms with van der Waals surface area (Å²) in [7, 11) is 1.62. The van der Waals surface area contributed by atoms with Crippen molar-refractivity contribution in [2.75, 3.05) is 39.9 Å². The standard InChI is InChI=1S/C20H24N2O7S/c1-22(30(5,25)26)18(13-9-7-6-8-10-13)19(23)21-15-12-17(28-3)16(27-2)11-14(15)20(24)29-4/h6-12,18H,1-5H3,(H,21,23). The van der Waals surface area contributed by atoms with Gasteiger partial charge in [-0.25, -0.2) is 13.2 Å². The molecule has 0 aliphatic heterocycles. The van der Waals surface area contributed by atoms with E-state index in [4.69, 9.17) is 14.2 Å². The Morgan fingerprint density at radius 2 is 1.57 bits per heavy atom. The quantitative estimate of drug-likeness (QED) is 0.631. The molecule has 30 heavy (non-hydrogen) atoms. The predicted molar refractivity (Wildman–Crippen MR) is 111 cm³/mol. The second-order valence-corrected chi connectivity index (χ2v) is 8.37. The lowest BCUT2D eigenvalue weighted by atomic mass is 10.1. The average Bonchev–Trinajstić information content (AvgIpc) is 2.73. The zero-order valence-corrected chi connectivity index (χ0v) is 18.1. The first kappa shape index (κ1) is 23.2. The molecule has 2 aromatic carbocycles. The summed E-state index contributed by atoms with van der Waals surface area (Å²) in [6.45, 7) is 0. The fraction of sp³-hybridized carbons (Fsp3) is 0.300. The summed E-state index contributed by atoms with van der Waals surface area (Å²) >= 11 is 0. The Labute approximate surface area is 175 Å². The predicted octanol–water partition coefficient (Wildman–Crippen LogP) is 2.06. The molecule has 2 rings (SSSR count). The van der Waals surface area contributed by atoms with Gasteiger partial charge < -0.3 is 19.5 Å². The molecule has 0 aliphatic carbocycles. The largest absolute Gasteiger partial charge is 0.493 e. The first-order valence-corrected chi connectivity index (χ1v) is 10.6. The number of sulfonamides is 1. The van der Waals surface area contributed by atoms with E-state index >= 15 is 0 Å². The van der Waals surface area contributed by atoms with Gasteiger partial charge in [-0.1, -0.05) is 30.3 Å². The number of carbonyl (C=O) groups is 2. The smallest absolute Gasteiger partial charge is 0.340 e. The lowest BCUT2D eigenvalue weighted by Gasteiger charge is -2.26. The van der Waals surface area contributed by atoms with Crippen molar-refractivity contribution in [3.63, 3.8) is 0 Å². The van der Waals surface area contributed by atoms with Crippen LogP contribution < -0.4 is 14.8 Å². The van der Waals surface area contributed by atoms with Crippen LogP contribution in [-0.4, -0.2) is 59.2 Å². The van der Waals surface area contributed by atoms with Crippen LogP contribution in [0.4, 0.5) is 5.69 Å². The average molecular weight is 436 g/mol. The monoisotopic (exact) mass is 436 g/mol. The molecule has 1 unspecified atom stereocenters. The van der Waals surface area contributed by atoms with Crippen molar-refractivity contribution in [2.45, 2.75) is 6.04 Å². The minimum absolute atomic E-state index is 0.0253. The number of carbonyl (C=O) groups excluding carboxylic acids is 2. The molecule has 0 fully saturated rings. The highest BCUT2D eigenvalue weighted by Gasteiger charge is 2.32. The van der Waals surface area contributed by atoms with Gasteiger partial charge in [0.15, 0.2) is 11.5 Å². The normalized spacial score (nSPS) is 12.2.